The number of primary amides is 1. The highest BCUT2D eigenvalue weighted by Gasteiger charge is 2.41. The van der Waals surface area contributed by atoms with E-state index in [1.54, 1.807) is 0 Å². The first-order valence-corrected chi connectivity index (χ1v) is 9.50. The van der Waals surface area contributed by atoms with Crippen LogP contribution in [0.4, 0.5) is 0 Å². The lowest BCUT2D eigenvalue weighted by Gasteiger charge is -2.36. The first-order chi connectivity index (χ1) is 11.8. The Morgan fingerprint density at radius 3 is 2.36 bits per heavy atom. The standard InChI is InChI=1S/C18H32N4O3/c1-12(2)11-14(21-15(23)13-7-6-10-20-13)16(24)22-18(17(19)25)8-4-3-5-9-18/h12-14,20H,3-11H2,1-2H3,(H2,19,25)(H,21,23)(H,22,24)/t13-,14+/m0/s1. The van der Waals surface area contributed by atoms with Crippen LogP contribution >= 0.6 is 0 Å². The third-order valence-corrected chi connectivity index (χ3v) is 5.26. The highest BCUT2D eigenvalue weighted by atomic mass is 16.2. The monoisotopic (exact) mass is 352 g/mol. The molecule has 25 heavy (non-hydrogen) atoms. The van der Waals surface area contributed by atoms with Gasteiger partial charge >= 0.3 is 0 Å². The van der Waals surface area contributed by atoms with E-state index in [0.717, 1.165) is 38.6 Å². The first kappa shape index (κ1) is 19.7. The molecule has 0 aromatic rings. The van der Waals surface area contributed by atoms with Crippen LogP contribution in [0.2, 0.25) is 0 Å². The van der Waals surface area contributed by atoms with Gasteiger partial charge in [-0.1, -0.05) is 33.1 Å². The maximum absolute atomic E-state index is 12.9. The van der Waals surface area contributed by atoms with Crippen LogP contribution in [-0.2, 0) is 14.4 Å². The van der Waals surface area contributed by atoms with Crippen LogP contribution in [0.3, 0.4) is 0 Å². The molecule has 1 aliphatic heterocycles. The molecule has 0 unspecified atom stereocenters. The minimum Gasteiger partial charge on any atom is -0.368 e. The number of hydrogen-bond acceptors (Lipinski definition) is 4. The number of nitrogens with one attached hydrogen (secondary N) is 3. The van der Waals surface area contributed by atoms with Crippen molar-refractivity contribution in [3.8, 4) is 0 Å². The molecule has 1 heterocycles. The van der Waals surface area contributed by atoms with Crippen LogP contribution in [0.15, 0.2) is 0 Å². The molecule has 1 saturated heterocycles. The van der Waals surface area contributed by atoms with Crippen LogP contribution in [0.5, 0.6) is 0 Å². The second kappa shape index (κ2) is 8.65. The Hall–Kier alpha value is -1.63. The minimum atomic E-state index is -0.971. The number of carbonyl (C=O) groups excluding carboxylic acids is 3. The summed E-state index contributed by atoms with van der Waals surface area (Å²) in [6.45, 7) is 4.83. The molecular weight excluding hydrogens is 320 g/mol. The average molecular weight is 352 g/mol. The maximum Gasteiger partial charge on any atom is 0.243 e. The van der Waals surface area contributed by atoms with E-state index < -0.39 is 17.5 Å². The van der Waals surface area contributed by atoms with Crippen LogP contribution in [0.1, 0.15) is 65.2 Å². The van der Waals surface area contributed by atoms with E-state index in [1.807, 2.05) is 13.8 Å². The number of carbonyl (C=O) groups is 3. The molecule has 7 nitrogen and oxygen atoms in total. The normalized spacial score (nSPS) is 23.9. The Labute approximate surface area is 149 Å². The second-order valence-corrected chi connectivity index (χ2v) is 7.84. The van der Waals surface area contributed by atoms with Crippen molar-refractivity contribution in [3.05, 3.63) is 0 Å². The van der Waals surface area contributed by atoms with Gasteiger partial charge in [-0.05, 0) is 44.6 Å². The van der Waals surface area contributed by atoms with Crippen molar-refractivity contribution in [2.24, 2.45) is 11.7 Å². The molecule has 0 aromatic carbocycles. The molecule has 2 fully saturated rings. The molecule has 3 amide bonds. The predicted molar refractivity (Wildman–Crippen MR) is 95.6 cm³/mol. The zero-order chi connectivity index (χ0) is 18.4. The molecule has 0 radical (unpaired) electrons. The SMILES string of the molecule is CC(C)C[C@@H](NC(=O)[C@@H]1CCCN1)C(=O)NC1(C(N)=O)CCCCC1. The summed E-state index contributed by atoms with van der Waals surface area (Å²) in [6.07, 6.45) is 6.20. The quantitative estimate of drug-likeness (QED) is 0.536. The van der Waals surface area contributed by atoms with E-state index in [9.17, 15) is 14.4 Å². The Bertz CT molecular complexity index is 495. The molecule has 1 aliphatic carbocycles. The van der Waals surface area contributed by atoms with E-state index in [0.29, 0.717) is 19.3 Å². The van der Waals surface area contributed by atoms with Gasteiger partial charge in [-0.2, -0.15) is 0 Å². The van der Waals surface area contributed by atoms with Gasteiger partial charge in [0.1, 0.15) is 11.6 Å². The largest absolute Gasteiger partial charge is 0.368 e. The predicted octanol–water partition coefficient (Wildman–Crippen LogP) is 0.574. The molecule has 0 aromatic heterocycles. The summed E-state index contributed by atoms with van der Waals surface area (Å²) in [5.41, 5.74) is 4.63. The van der Waals surface area contributed by atoms with Gasteiger partial charge in [0.2, 0.25) is 17.7 Å². The summed E-state index contributed by atoms with van der Waals surface area (Å²) in [6, 6.07) is -0.879. The molecule has 142 valence electrons. The number of nitrogens with two attached hydrogens (primary N) is 1. The minimum absolute atomic E-state index is 0.143. The van der Waals surface area contributed by atoms with E-state index in [2.05, 4.69) is 16.0 Å². The first-order valence-electron chi connectivity index (χ1n) is 9.50. The van der Waals surface area contributed by atoms with E-state index in [-0.39, 0.29) is 23.8 Å². The summed E-state index contributed by atoms with van der Waals surface area (Å²) < 4.78 is 0. The molecule has 5 N–H and O–H groups in total. The highest BCUT2D eigenvalue weighted by Crippen LogP contribution is 2.28. The van der Waals surface area contributed by atoms with Crippen molar-refractivity contribution in [1.82, 2.24) is 16.0 Å². The van der Waals surface area contributed by atoms with Crippen molar-refractivity contribution in [3.63, 3.8) is 0 Å². The van der Waals surface area contributed by atoms with Gasteiger partial charge in [-0.3, -0.25) is 14.4 Å². The topological polar surface area (TPSA) is 113 Å². The maximum atomic E-state index is 12.9. The zero-order valence-electron chi connectivity index (χ0n) is 15.4. The van der Waals surface area contributed by atoms with E-state index in [1.165, 1.54) is 0 Å². The second-order valence-electron chi connectivity index (χ2n) is 7.84. The third-order valence-electron chi connectivity index (χ3n) is 5.26. The van der Waals surface area contributed by atoms with Crippen molar-refractivity contribution < 1.29 is 14.4 Å². The van der Waals surface area contributed by atoms with Crippen molar-refractivity contribution >= 4 is 17.7 Å². The fourth-order valence-corrected chi connectivity index (χ4v) is 3.79. The molecule has 0 bridgehead atoms. The van der Waals surface area contributed by atoms with Crippen molar-refractivity contribution in [1.29, 1.82) is 0 Å². The van der Waals surface area contributed by atoms with Gasteiger partial charge in [0, 0.05) is 0 Å². The molecule has 7 heteroatoms. The van der Waals surface area contributed by atoms with Gasteiger partial charge in [-0.15, -0.1) is 0 Å². The molecule has 0 spiro atoms. The average Bonchev–Trinajstić information content (AvgIpc) is 3.09. The molecule has 2 aliphatic rings. The third kappa shape index (κ3) is 5.17. The lowest BCUT2D eigenvalue weighted by Crippen LogP contribution is -2.62. The van der Waals surface area contributed by atoms with Gasteiger partial charge in [0.25, 0.3) is 0 Å². The Morgan fingerprint density at radius 1 is 1.16 bits per heavy atom. The Kier molecular flexibility index (Phi) is 6.81. The van der Waals surface area contributed by atoms with Gasteiger partial charge in [0.05, 0.1) is 6.04 Å². The number of rotatable bonds is 7. The Balaban J connectivity index is 2.05. The fourth-order valence-electron chi connectivity index (χ4n) is 3.79. The molecule has 2 atom stereocenters. The summed E-state index contributed by atoms with van der Waals surface area (Å²) >= 11 is 0. The lowest BCUT2D eigenvalue weighted by molar-refractivity contribution is -0.135. The summed E-state index contributed by atoms with van der Waals surface area (Å²) in [7, 11) is 0. The van der Waals surface area contributed by atoms with E-state index >= 15 is 0 Å². The van der Waals surface area contributed by atoms with Crippen LogP contribution in [0.25, 0.3) is 0 Å². The fraction of sp³-hybridized carbons (Fsp3) is 0.833. The van der Waals surface area contributed by atoms with E-state index in [4.69, 9.17) is 5.73 Å². The van der Waals surface area contributed by atoms with Gasteiger partial charge < -0.3 is 21.7 Å². The van der Waals surface area contributed by atoms with Gasteiger partial charge in [-0.25, -0.2) is 0 Å². The lowest BCUT2D eigenvalue weighted by atomic mass is 9.80. The molecular formula is C18H32N4O3. The van der Waals surface area contributed by atoms with Crippen molar-refractivity contribution in [2.75, 3.05) is 6.54 Å². The smallest absolute Gasteiger partial charge is 0.243 e. The zero-order valence-corrected chi connectivity index (χ0v) is 15.4. The summed E-state index contributed by atoms with van der Waals surface area (Å²) in [4.78, 5) is 37.3. The van der Waals surface area contributed by atoms with Crippen LogP contribution < -0.4 is 21.7 Å². The molecule has 2 rings (SSSR count). The summed E-state index contributed by atoms with van der Waals surface area (Å²) in [5, 5.41) is 8.90. The van der Waals surface area contributed by atoms with Gasteiger partial charge in [0.15, 0.2) is 0 Å². The number of hydrogen-bond donors (Lipinski definition) is 4. The molecule has 1 saturated carbocycles. The Morgan fingerprint density at radius 2 is 1.84 bits per heavy atom. The highest BCUT2D eigenvalue weighted by molar-refractivity contribution is 5.94. The summed E-state index contributed by atoms with van der Waals surface area (Å²) in [5.74, 6) is -0.688. The number of amides is 3. The van der Waals surface area contributed by atoms with Crippen molar-refractivity contribution in [2.45, 2.75) is 82.8 Å². The van der Waals surface area contributed by atoms with Crippen LogP contribution in [0, 0.1) is 5.92 Å². The van der Waals surface area contributed by atoms with Crippen LogP contribution in [-0.4, -0.2) is 41.9 Å².